The summed E-state index contributed by atoms with van der Waals surface area (Å²) in [5.41, 5.74) is 0. The molecule has 2 aliphatic heterocycles. The summed E-state index contributed by atoms with van der Waals surface area (Å²) >= 11 is 0. The molecule has 0 aromatic heterocycles. The third kappa shape index (κ3) is 4.00. The predicted molar refractivity (Wildman–Crippen MR) is 85.9 cm³/mol. The van der Waals surface area contributed by atoms with Gasteiger partial charge in [0.2, 0.25) is 5.91 Å². The molecule has 1 amide bonds. The molecular weight excluding hydrogens is 297 g/mol. The van der Waals surface area contributed by atoms with Gasteiger partial charge in [0.1, 0.15) is 0 Å². The fourth-order valence-corrected chi connectivity index (χ4v) is 3.34. The molecule has 3 aliphatic rings. The van der Waals surface area contributed by atoms with E-state index >= 15 is 0 Å². The number of nitrogens with one attached hydrogen (secondary N) is 1. The Morgan fingerprint density at radius 1 is 0.900 bits per heavy atom. The van der Waals surface area contributed by atoms with E-state index in [2.05, 4.69) is 15.1 Å². The molecule has 3 fully saturated rings. The van der Waals surface area contributed by atoms with Crippen molar-refractivity contribution in [3.63, 3.8) is 0 Å². The molecule has 4 nitrogen and oxygen atoms in total. The zero-order valence-corrected chi connectivity index (χ0v) is 13.7. The van der Waals surface area contributed by atoms with Crippen molar-refractivity contribution in [1.82, 2.24) is 15.1 Å². The second-order valence-corrected chi connectivity index (χ2v) is 5.95. The lowest BCUT2D eigenvalue weighted by Gasteiger charge is -2.43. The number of nitrogens with zero attached hydrogens (tertiary/aromatic N) is 2. The average molecular weight is 324 g/mol. The van der Waals surface area contributed by atoms with Crippen LogP contribution < -0.4 is 5.32 Å². The number of rotatable bonds is 2. The first-order chi connectivity index (χ1) is 8.84. The lowest BCUT2D eigenvalue weighted by atomic mass is 9.91. The maximum Gasteiger partial charge on any atom is 0.239 e. The van der Waals surface area contributed by atoms with Crippen LogP contribution in [0.4, 0.5) is 0 Å². The Bertz CT molecular complexity index is 299. The van der Waals surface area contributed by atoms with Gasteiger partial charge < -0.3 is 10.2 Å². The van der Waals surface area contributed by atoms with Crippen LogP contribution in [0.25, 0.3) is 0 Å². The van der Waals surface area contributed by atoms with Crippen LogP contribution in [-0.4, -0.2) is 60.5 Å². The number of carbonyl (C=O) groups excluding carboxylic acids is 1. The third-order valence-electron chi connectivity index (χ3n) is 4.83. The normalized spacial score (nSPS) is 28.0. The molecule has 0 aromatic carbocycles. The highest BCUT2D eigenvalue weighted by Gasteiger charge is 2.31. The first-order valence-corrected chi connectivity index (χ1v) is 7.61. The molecular formula is C14H27Cl2N3O. The predicted octanol–water partition coefficient (Wildman–Crippen LogP) is 1.67. The standard InChI is InChI=1S/C14H25N3O.2ClH/c18-14(13-6-1-2-7-15-13)17-10-8-16(9-11-17)12-4-3-5-12;;/h12-13,15H,1-11H2;2*1H/t13-;;/m1../s1. The smallest absolute Gasteiger partial charge is 0.239 e. The Morgan fingerprint density at radius 3 is 2.10 bits per heavy atom. The fraction of sp³-hybridized carbons (Fsp3) is 0.929. The van der Waals surface area contributed by atoms with Gasteiger partial charge in [0, 0.05) is 32.2 Å². The average Bonchev–Trinajstić information content (AvgIpc) is 2.38. The number of amides is 1. The maximum absolute atomic E-state index is 12.4. The largest absolute Gasteiger partial charge is 0.339 e. The summed E-state index contributed by atoms with van der Waals surface area (Å²) in [6.45, 7) is 5.06. The molecule has 0 aromatic rings. The molecule has 2 heterocycles. The number of hydrogen-bond acceptors (Lipinski definition) is 3. The lowest BCUT2D eigenvalue weighted by Crippen LogP contribution is -2.57. The molecule has 0 bridgehead atoms. The summed E-state index contributed by atoms with van der Waals surface area (Å²) in [7, 11) is 0. The van der Waals surface area contributed by atoms with Gasteiger partial charge in [-0.3, -0.25) is 9.69 Å². The topological polar surface area (TPSA) is 35.6 Å². The van der Waals surface area contributed by atoms with Gasteiger partial charge in [-0.2, -0.15) is 0 Å². The van der Waals surface area contributed by atoms with Gasteiger partial charge in [-0.1, -0.05) is 12.8 Å². The van der Waals surface area contributed by atoms with E-state index in [1.807, 2.05) is 0 Å². The quantitative estimate of drug-likeness (QED) is 0.839. The minimum atomic E-state index is 0. The molecule has 0 spiro atoms. The lowest BCUT2D eigenvalue weighted by molar-refractivity contribution is -0.136. The fourth-order valence-electron chi connectivity index (χ4n) is 3.34. The molecule has 1 N–H and O–H groups in total. The van der Waals surface area contributed by atoms with E-state index in [-0.39, 0.29) is 30.9 Å². The van der Waals surface area contributed by atoms with Crippen LogP contribution in [0.1, 0.15) is 38.5 Å². The van der Waals surface area contributed by atoms with Crippen LogP contribution in [0.3, 0.4) is 0 Å². The summed E-state index contributed by atoms with van der Waals surface area (Å²) < 4.78 is 0. The van der Waals surface area contributed by atoms with Gasteiger partial charge in [-0.05, 0) is 32.2 Å². The number of halogens is 2. The summed E-state index contributed by atoms with van der Waals surface area (Å²) in [5.74, 6) is 0.350. The van der Waals surface area contributed by atoms with Gasteiger partial charge in [-0.25, -0.2) is 0 Å². The van der Waals surface area contributed by atoms with Crippen molar-refractivity contribution in [2.45, 2.75) is 50.6 Å². The Balaban J connectivity index is 0.000001000. The van der Waals surface area contributed by atoms with Gasteiger partial charge in [-0.15, -0.1) is 24.8 Å². The van der Waals surface area contributed by atoms with E-state index in [4.69, 9.17) is 0 Å². The van der Waals surface area contributed by atoms with E-state index in [9.17, 15) is 4.79 Å². The van der Waals surface area contributed by atoms with Crippen molar-refractivity contribution in [2.24, 2.45) is 0 Å². The molecule has 20 heavy (non-hydrogen) atoms. The summed E-state index contributed by atoms with van der Waals surface area (Å²) in [6, 6.07) is 0.934. The Hall–Kier alpha value is -0.0300. The van der Waals surface area contributed by atoms with Gasteiger partial charge in [0.25, 0.3) is 0 Å². The van der Waals surface area contributed by atoms with E-state index in [1.165, 1.54) is 32.1 Å². The summed E-state index contributed by atoms with van der Waals surface area (Å²) in [6.07, 6.45) is 7.60. The number of hydrogen-bond donors (Lipinski definition) is 1. The SMILES string of the molecule is Cl.Cl.O=C([C@H]1CCCCN1)N1CCN(C2CCC2)CC1. The van der Waals surface area contributed by atoms with E-state index in [0.717, 1.165) is 45.2 Å². The van der Waals surface area contributed by atoms with Crippen LogP contribution in [-0.2, 0) is 4.79 Å². The van der Waals surface area contributed by atoms with Crippen LogP contribution >= 0.6 is 24.8 Å². The molecule has 6 heteroatoms. The second-order valence-electron chi connectivity index (χ2n) is 5.95. The molecule has 1 atom stereocenters. The van der Waals surface area contributed by atoms with Crippen molar-refractivity contribution in [3.8, 4) is 0 Å². The number of piperidine rings is 1. The van der Waals surface area contributed by atoms with Gasteiger partial charge in [0.05, 0.1) is 6.04 Å². The molecule has 1 aliphatic carbocycles. The van der Waals surface area contributed by atoms with E-state index in [1.54, 1.807) is 0 Å². The summed E-state index contributed by atoms with van der Waals surface area (Å²) in [4.78, 5) is 17.0. The zero-order chi connectivity index (χ0) is 12.4. The van der Waals surface area contributed by atoms with E-state index < -0.39 is 0 Å². The first-order valence-electron chi connectivity index (χ1n) is 7.61. The Morgan fingerprint density at radius 2 is 1.60 bits per heavy atom. The summed E-state index contributed by atoms with van der Waals surface area (Å²) in [5, 5.41) is 3.37. The van der Waals surface area contributed by atoms with Gasteiger partial charge >= 0.3 is 0 Å². The highest BCUT2D eigenvalue weighted by Crippen LogP contribution is 2.25. The van der Waals surface area contributed by atoms with Crippen LogP contribution in [0, 0.1) is 0 Å². The van der Waals surface area contributed by atoms with Gasteiger partial charge in [0.15, 0.2) is 0 Å². The van der Waals surface area contributed by atoms with Crippen molar-refractivity contribution < 1.29 is 4.79 Å². The molecule has 0 unspecified atom stereocenters. The van der Waals surface area contributed by atoms with Crippen LogP contribution in [0.2, 0.25) is 0 Å². The molecule has 2 saturated heterocycles. The number of piperazine rings is 1. The highest BCUT2D eigenvalue weighted by atomic mass is 35.5. The van der Waals surface area contributed by atoms with Crippen LogP contribution in [0.15, 0.2) is 0 Å². The van der Waals surface area contributed by atoms with Crippen molar-refractivity contribution in [2.75, 3.05) is 32.7 Å². The Labute approximate surface area is 134 Å². The Kier molecular flexibility index (Phi) is 7.59. The van der Waals surface area contributed by atoms with Crippen LogP contribution in [0.5, 0.6) is 0 Å². The van der Waals surface area contributed by atoms with E-state index in [0.29, 0.717) is 5.91 Å². The van der Waals surface area contributed by atoms with Crippen molar-refractivity contribution in [3.05, 3.63) is 0 Å². The minimum Gasteiger partial charge on any atom is -0.339 e. The zero-order valence-electron chi connectivity index (χ0n) is 12.1. The van der Waals surface area contributed by atoms with Crippen molar-refractivity contribution in [1.29, 1.82) is 0 Å². The third-order valence-corrected chi connectivity index (χ3v) is 4.83. The number of carbonyl (C=O) groups is 1. The maximum atomic E-state index is 12.4. The highest BCUT2D eigenvalue weighted by molar-refractivity contribution is 5.85. The molecule has 1 saturated carbocycles. The van der Waals surface area contributed by atoms with Crippen molar-refractivity contribution >= 4 is 30.7 Å². The molecule has 118 valence electrons. The first kappa shape index (κ1) is 18.0. The monoisotopic (exact) mass is 323 g/mol. The molecule has 3 rings (SSSR count). The second kappa shape index (κ2) is 8.42. The molecule has 0 radical (unpaired) electrons. The minimum absolute atomic E-state index is 0.